The summed E-state index contributed by atoms with van der Waals surface area (Å²) in [6.45, 7) is 51.0. The van der Waals surface area contributed by atoms with E-state index in [1.54, 1.807) is 0 Å². The fraction of sp³-hybridized carbons (Fsp3) is 0.731. The molecule has 0 amide bonds. The Labute approximate surface area is 378 Å². The Morgan fingerprint density at radius 1 is 0.483 bits per heavy atom. The van der Waals surface area contributed by atoms with Crippen molar-refractivity contribution in [1.29, 1.82) is 0 Å². The molecule has 60 heavy (non-hydrogen) atoms. The predicted molar refractivity (Wildman–Crippen MR) is 253 cm³/mol. The van der Waals surface area contributed by atoms with E-state index in [2.05, 4.69) is 186 Å². The Morgan fingerprint density at radius 2 is 0.667 bits per heavy atom. The quantitative estimate of drug-likeness (QED) is 0.168. The van der Waals surface area contributed by atoms with Crippen molar-refractivity contribution in [2.75, 3.05) is 26.2 Å². The second-order valence-electron chi connectivity index (χ2n) is 23.2. The second-order valence-corrected chi connectivity index (χ2v) is 23.2. The molecule has 0 bridgehead atoms. The molecule has 0 aliphatic rings. The third-order valence-corrected chi connectivity index (χ3v) is 10.6. The van der Waals surface area contributed by atoms with Crippen LogP contribution in [0.15, 0.2) is 24.3 Å². The van der Waals surface area contributed by atoms with E-state index in [1.165, 1.54) is 61.1 Å². The summed E-state index contributed by atoms with van der Waals surface area (Å²) in [5.74, 6) is -0.329. The van der Waals surface area contributed by atoms with Gasteiger partial charge in [-0.1, -0.05) is 174 Å². The summed E-state index contributed by atoms with van der Waals surface area (Å²) < 4.78 is 6.92. The van der Waals surface area contributed by atoms with E-state index in [0.29, 0.717) is 36.5 Å². The fourth-order valence-electron chi connectivity index (χ4n) is 8.39. The zero-order valence-corrected chi connectivity index (χ0v) is 43.7. The van der Waals surface area contributed by atoms with Crippen LogP contribution in [0.2, 0.25) is 0 Å². The van der Waals surface area contributed by atoms with Gasteiger partial charge in [-0.15, -0.1) is 0 Å². The van der Waals surface area contributed by atoms with E-state index in [1.807, 2.05) is 0 Å². The number of carbonyl (C=O) groups is 2. The van der Waals surface area contributed by atoms with Gasteiger partial charge in [0.2, 0.25) is 0 Å². The van der Waals surface area contributed by atoms with Crippen molar-refractivity contribution < 1.29 is 24.0 Å². The van der Waals surface area contributed by atoms with Gasteiger partial charge in [0.1, 0.15) is 0 Å². The second kappa shape index (κ2) is 24.0. The van der Waals surface area contributed by atoms with Gasteiger partial charge >= 0.3 is 20.8 Å². The molecule has 8 heteroatoms. The van der Waals surface area contributed by atoms with Crippen LogP contribution in [0.3, 0.4) is 0 Å². The number of hydrogen-bond donors (Lipinski definition) is 1. The molecule has 1 N–H and O–H groups in total. The van der Waals surface area contributed by atoms with Crippen LogP contribution in [0, 0.1) is 37.5 Å². The van der Waals surface area contributed by atoms with Gasteiger partial charge in [-0.3, -0.25) is 9.80 Å². The van der Waals surface area contributed by atoms with E-state index in [0.717, 1.165) is 26.2 Å². The van der Waals surface area contributed by atoms with Crippen LogP contribution < -0.4 is 10.2 Å². The Balaban J connectivity index is 0.00000111. The Kier molecular flexibility index (Phi) is 23.1. The molecule has 0 aromatic heterocycles. The van der Waals surface area contributed by atoms with E-state index >= 15 is 0 Å². The standard InChI is InChI=1S/2C26H45NO2.Al.H2O/c2*1-17(2)15-27(16-18(3)4)23(24(28)29)14-20-21(25(6,7)8)12-19(5)13-22(20)26(9,10)11;;/h2*12-13,17-18,23H,14-16H2,1-11H3,(H,28,29);;1H2/q;;+3;/p-3/t2*23-;;/m00../s1. The summed E-state index contributed by atoms with van der Waals surface area (Å²) in [6, 6.07) is 7.73. The zero-order chi connectivity index (χ0) is 47.5. The molecular weight excluding hydrogens is 760 g/mol. The summed E-state index contributed by atoms with van der Waals surface area (Å²) in [6.07, 6.45) is 0.975. The van der Waals surface area contributed by atoms with Crippen molar-refractivity contribution in [2.24, 2.45) is 23.7 Å². The molecule has 2 aromatic rings. The summed E-state index contributed by atoms with van der Waals surface area (Å²) in [7, 11) is 0. The third kappa shape index (κ3) is 19.0. The van der Waals surface area contributed by atoms with Crippen LogP contribution in [0.5, 0.6) is 0 Å². The molecule has 0 saturated carbocycles. The fourth-order valence-corrected chi connectivity index (χ4v) is 8.39. The first-order valence-corrected chi connectivity index (χ1v) is 23.0. The van der Waals surface area contributed by atoms with Crippen LogP contribution in [0.4, 0.5) is 0 Å². The van der Waals surface area contributed by atoms with Crippen molar-refractivity contribution >= 4 is 28.6 Å². The first kappa shape index (κ1) is 57.8. The average molecular weight is 849 g/mol. The molecule has 0 aliphatic carbocycles. The summed E-state index contributed by atoms with van der Waals surface area (Å²) in [4.78, 5) is 28.9. The van der Waals surface area contributed by atoms with Crippen LogP contribution >= 0.6 is 0 Å². The first-order valence-electron chi connectivity index (χ1n) is 22.5. The van der Waals surface area contributed by atoms with Gasteiger partial charge < -0.3 is 19.8 Å². The summed E-state index contributed by atoms with van der Waals surface area (Å²) >= 11 is 1.42. The molecule has 340 valence electrons. The zero-order valence-electron chi connectivity index (χ0n) is 42.6. The molecule has 0 aliphatic heterocycles. The van der Waals surface area contributed by atoms with Gasteiger partial charge in [0.15, 0.2) is 0 Å². The van der Waals surface area contributed by atoms with E-state index in [9.17, 15) is 19.8 Å². The molecule has 2 atom stereocenters. The minimum absolute atomic E-state index is 0.0568. The van der Waals surface area contributed by atoms with Gasteiger partial charge in [-0.25, -0.2) is 0 Å². The molecule has 0 unspecified atom stereocenters. The number of carboxylic acids is 2. The SMILES string of the molecule is Cc1cc(C(C)(C)C)c(C[C@@H](C(=O)[O-])N(CC(C)C)CC(C)C)c(C(C)(C)C)c1.Cc1cc(C(C)(C)C)c(C[C@@H](C(=O)[O-])N(CC(C)C)CC(C)C)c(C(C)(C)C)c1.[OH][Al+2]. The molecule has 0 heterocycles. The number of carboxylic acid groups (broad SMARTS) is 2. The number of aliphatic carboxylic acids is 2. The van der Waals surface area contributed by atoms with E-state index in [-0.39, 0.29) is 21.7 Å². The number of hydrogen-bond acceptors (Lipinski definition) is 7. The molecular formula is C52H89AlN2O5. The van der Waals surface area contributed by atoms with Crippen molar-refractivity contribution in [3.05, 3.63) is 68.8 Å². The predicted octanol–water partition coefficient (Wildman–Crippen LogP) is 8.79. The number of aryl methyl sites for hydroxylation is 2. The number of nitrogens with zero attached hydrogens (tertiary/aromatic N) is 2. The molecule has 2 aromatic carbocycles. The normalized spacial score (nSPS) is 13.8. The molecule has 0 spiro atoms. The maximum absolute atomic E-state index is 12.3. The van der Waals surface area contributed by atoms with Gasteiger partial charge in [0.25, 0.3) is 0 Å². The molecule has 0 fully saturated rings. The van der Waals surface area contributed by atoms with Crippen molar-refractivity contribution in [3.63, 3.8) is 0 Å². The van der Waals surface area contributed by atoms with E-state index in [4.69, 9.17) is 4.16 Å². The topological polar surface area (TPSA) is 107 Å². The van der Waals surface area contributed by atoms with E-state index < -0.39 is 24.0 Å². The summed E-state index contributed by atoms with van der Waals surface area (Å²) in [5.41, 5.74) is 9.61. The van der Waals surface area contributed by atoms with Crippen molar-refractivity contribution in [2.45, 2.75) is 199 Å². The molecule has 0 radical (unpaired) electrons. The van der Waals surface area contributed by atoms with Crippen molar-refractivity contribution in [1.82, 2.24) is 9.80 Å². The van der Waals surface area contributed by atoms with Gasteiger partial charge in [0, 0.05) is 26.2 Å². The van der Waals surface area contributed by atoms with Crippen LogP contribution in [-0.2, 0) is 44.1 Å². The van der Waals surface area contributed by atoms with Crippen LogP contribution in [0.1, 0.15) is 183 Å². The maximum atomic E-state index is 12.3. The van der Waals surface area contributed by atoms with Crippen LogP contribution in [0.25, 0.3) is 0 Å². The first-order chi connectivity index (χ1) is 27.1. The van der Waals surface area contributed by atoms with Gasteiger partial charge in [0.05, 0.1) is 24.0 Å². The number of rotatable bonds is 16. The minimum atomic E-state index is -0.966. The Bertz CT molecular complexity index is 1420. The summed E-state index contributed by atoms with van der Waals surface area (Å²) in [5, 5.41) is 24.7. The van der Waals surface area contributed by atoms with Crippen molar-refractivity contribution in [3.8, 4) is 0 Å². The average Bonchev–Trinajstić information content (AvgIpc) is 3.04. The van der Waals surface area contributed by atoms with Gasteiger partial charge in [-0.2, -0.15) is 0 Å². The molecule has 7 nitrogen and oxygen atoms in total. The number of benzene rings is 2. The monoisotopic (exact) mass is 849 g/mol. The Morgan fingerprint density at radius 3 is 0.800 bits per heavy atom. The van der Waals surface area contributed by atoms with Crippen LogP contribution in [-0.4, -0.2) is 80.8 Å². The molecule has 0 saturated heterocycles. The number of carbonyl (C=O) groups excluding carboxylic acids is 2. The molecule has 2 rings (SSSR count). The van der Waals surface area contributed by atoms with Gasteiger partial charge in [-0.05, 0) is 105 Å². The Hall–Kier alpha value is -2.21. The third-order valence-electron chi connectivity index (χ3n) is 10.6.